The Labute approximate surface area is 98.8 Å². The van der Waals surface area contributed by atoms with E-state index in [9.17, 15) is 9.50 Å². The number of thioether (sulfide) groups is 1. The van der Waals surface area contributed by atoms with Crippen LogP contribution in [0.4, 0.5) is 4.39 Å². The number of halogens is 1. The third-order valence-corrected chi connectivity index (χ3v) is 2.74. The molecule has 0 aromatic heterocycles. The summed E-state index contributed by atoms with van der Waals surface area (Å²) in [5.41, 5.74) is 0.186. The third-order valence-electron chi connectivity index (χ3n) is 2.02. The molecule has 0 aliphatic carbocycles. The van der Waals surface area contributed by atoms with Gasteiger partial charge in [-0.2, -0.15) is 0 Å². The van der Waals surface area contributed by atoms with Crippen molar-refractivity contribution < 1.29 is 9.50 Å². The second kappa shape index (κ2) is 6.50. The lowest BCUT2D eigenvalue weighted by molar-refractivity contribution is 0.467. The molecule has 0 bridgehead atoms. The quantitative estimate of drug-likeness (QED) is 0.481. The summed E-state index contributed by atoms with van der Waals surface area (Å²) < 4.78 is 13.5. The molecule has 16 heavy (non-hydrogen) atoms. The van der Waals surface area contributed by atoms with Crippen molar-refractivity contribution in [3.8, 4) is 5.75 Å². The number of rotatable bonds is 4. The first kappa shape index (κ1) is 13.0. The first-order chi connectivity index (χ1) is 7.70. The molecule has 1 rings (SSSR count). The normalized spacial score (nSPS) is 11.8. The van der Waals surface area contributed by atoms with Crippen molar-refractivity contribution in [1.82, 2.24) is 5.32 Å². The summed E-state index contributed by atoms with van der Waals surface area (Å²) in [6, 6.07) is 4.25. The first-order valence-corrected chi connectivity index (χ1v) is 6.14. The smallest absolute Gasteiger partial charge is 0.136 e. The number of likely N-dealkylation sites (N-methyl/N-ethyl adjacent to an activating group) is 1. The molecule has 3 nitrogen and oxygen atoms in total. The average molecular weight is 242 g/mol. The molecule has 0 aliphatic rings. The van der Waals surface area contributed by atoms with Crippen LogP contribution in [-0.4, -0.2) is 36.5 Å². The van der Waals surface area contributed by atoms with Gasteiger partial charge in [-0.3, -0.25) is 4.99 Å². The van der Waals surface area contributed by atoms with Gasteiger partial charge in [0, 0.05) is 6.54 Å². The van der Waals surface area contributed by atoms with Gasteiger partial charge in [0.05, 0.1) is 12.1 Å². The molecule has 0 amide bonds. The number of nitrogens with one attached hydrogen (secondary N) is 1. The first-order valence-electron chi connectivity index (χ1n) is 4.91. The summed E-state index contributed by atoms with van der Waals surface area (Å²) in [7, 11) is 1.83. The average Bonchev–Trinajstić information content (AvgIpc) is 2.26. The van der Waals surface area contributed by atoms with Crippen LogP contribution in [0, 0.1) is 5.82 Å². The van der Waals surface area contributed by atoms with Gasteiger partial charge in [-0.25, -0.2) is 4.39 Å². The predicted molar refractivity (Wildman–Crippen MR) is 66.9 cm³/mol. The summed E-state index contributed by atoms with van der Waals surface area (Å²) >= 11 is 1.32. The summed E-state index contributed by atoms with van der Waals surface area (Å²) in [5, 5.41) is 13.1. The molecule has 0 saturated heterocycles. The minimum absolute atomic E-state index is 0.0717. The van der Waals surface area contributed by atoms with E-state index in [1.54, 1.807) is 0 Å². The van der Waals surface area contributed by atoms with E-state index in [1.165, 1.54) is 30.0 Å². The molecule has 1 aromatic carbocycles. The van der Waals surface area contributed by atoms with Crippen LogP contribution in [0.1, 0.15) is 5.56 Å². The standard InChI is InChI=1S/C11H15FN2OS/c1-13-6-7-14-11(16-2)10-8(12)4-3-5-9(10)15/h3-5,13,15H,6-7H2,1-2H3. The number of benzene rings is 1. The Hall–Kier alpha value is -1.07. The highest BCUT2D eigenvalue weighted by Gasteiger charge is 2.13. The van der Waals surface area contributed by atoms with Gasteiger partial charge < -0.3 is 10.4 Å². The Morgan fingerprint density at radius 2 is 2.31 bits per heavy atom. The Morgan fingerprint density at radius 3 is 2.88 bits per heavy atom. The van der Waals surface area contributed by atoms with Crippen LogP contribution < -0.4 is 5.32 Å². The summed E-state index contributed by atoms with van der Waals surface area (Å²) in [6.45, 7) is 1.28. The Bertz CT molecular complexity index is 362. The topological polar surface area (TPSA) is 44.6 Å². The van der Waals surface area contributed by atoms with Gasteiger partial charge in [-0.05, 0) is 25.4 Å². The fraction of sp³-hybridized carbons (Fsp3) is 0.364. The lowest BCUT2D eigenvalue weighted by atomic mass is 10.2. The minimum atomic E-state index is -0.447. The van der Waals surface area contributed by atoms with E-state index in [0.717, 1.165) is 6.54 Å². The Balaban J connectivity index is 2.99. The molecule has 0 radical (unpaired) electrons. The van der Waals surface area contributed by atoms with E-state index in [1.807, 2.05) is 13.3 Å². The van der Waals surface area contributed by atoms with Gasteiger partial charge in [0.2, 0.25) is 0 Å². The van der Waals surface area contributed by atoms with Crippen LogP contribution in [0.2, 0.25) is 0 Å². The highest BCUT2D eigenvalue weighted by atomic mass is 32.2. The van der Waals surface area contributed by atoms with Crippen LogP contribution in [0.3, 0.4) is 0 Å². The van der Waals surface area contributed by atoms with Gasteiger partial charge in [-0.15, -0.1) is 11.8 Å². The second-order valence-corrected chi connectivity index (χ2v) is 3.92. The summed E-state index contributed by atoms with van der Waals surface area (Å²) in [6.07, 6.45) is 1.81. The summed E-state index contributed by atoms with van der Waals surface area (Å²) in [5.74, 6) is -0.518. The molecule has 0 atom stereocenters. The molecule has 0 aliphatic heterocycles. The maximum atomic E-state index is 13.5. The van der Waals surface area contributed by atoms with Crippen molar-refractivity contribution in [3.05, 3.63) is 29.6 Å². The van der Waals surface area contributed by atoms with E-state index in [0.29, 0.717) is 11.6 Å². The third kappa shape index (κ3) is 3.21. The van der Waals surface area contributed by atoms with Crippen molar-refractivity contribution in [2.24, 2.45) is 4.99 Å². The molecule has 88 valence electrons. The number of aromatic hydroxyl groups is 1. The van der Waals surface area contributed by atoms with Crippen LogP contribution in [-0.2, 0) is 0 Å². The SMILES string of the molecule is CNCCN=C(SC)c1c(O)cccc1F. The van der Waals surface area contributed by atoms with Crippen molar-refractivity contribution in [3.63, 3.8) is 0 Å². The number of nitrogens with zero attached hydrogens (tertiary/aromatic N) is 1. The van der Waals surface area contributed by atoms with Gasteiger partial charge in [0.1, 0.15) is 16.6 Å². The van der Waals surface area contributed by atoms with E-state index >= 15 is 0 Å². The zero-order valence-corrected chi connectivity index (χ0v) is 10.1. The van der Waals surface area contributed by atoms with E-state index in [-0.39, 0.29) is 11.3 Å². The number of phenolic OH excluding ortho intramolecular Hbond substituents is 1. The lowest BCUT2D eigenvalue weighted by Gasteiger charge is -2.07. The van der Waals surface area contributed by atoms with Gasteiger partial charge in [-0.1, -0.05) is 6.07 Å². The summed E-state index contributed by atoms with van der Waals surface area (Å²) in [4.78, 5) is 4.24. The zero-order chi connectivity index (χ0) is 12.0. The zero-order valence-electron chi connectivity index (χ0n) is 9.33. The molecule has 0 saturated carbocycles. The number of phenols is 1. The molecule has 0 fully saturated rings. The second-order valence-electron chi connectivity index (χ2n) is 3.13. The number of aliphatic imine (C=N–C) groups is 1. The van der Waals surface area contributed by atoms with Crippen LogP contribution in [0.15, 0.2) is 23.2 Å². The fourth-order valence-corrected chi connectivity index (χ4v) is 1.87. The van der Waals surface area contributed by atoms with Crippen LogP contribution in [0.5, 0.6) is 5.75 Å². The van der Waals surface area contributed by atoms with E-state index in [2.05, 4.69) is 10.3 Å². The molecule has 0 heterocycles. The fourth-order valence-electron chi connectivity index (χ4n) is 1.24. The maximum absolute atomic E-state index is 13.5. The highest BCUT2D eigenvalue weighted by Crippen LogP contribution is 2.24. The molecular formula is C11H15FN2OS. The van der Waals surface area contributed by atoms with Crippen LogP contribution >= 0.6 is 11.8 Å². The van der Waals surface area contributed by atoms with Crippen molar-refractivity contribution >= 4 is 16.8 Å². The molecule has 0 spiro atoms. The monoisotopic (exact) mass is 242 g/mol. The molecule has 2 N–H and O–H groups in total. The van der Waals surface area contributed by atoms with E-state index in [4.69, 9.17) is 0 Å². The maximum Gasteiger partial charge on any atom is 0.136 e. The number of hydrogen-bond acceptors (Lipinski definition) is 4. The van der Waals surface area contributed by atoms with Crippen molar-refractivity contribution in [1.29, 1.82) is 0 Å². The van der Waals surface area contributed by atoms with Gasteiger partial charge in [0.25, 0.3) is 0 Å². The van der Waals surface area contributed by atoms with Crippen molar-refractivity contribution in [2.75, 3.05) is 26.4 Å². The molecule has 1 aromatic rings. The molecule has 0 unspecified atom stereocenters. The number of hydrogen-bond donors (Lipinski definition) is 2. The largest absolute Gasteiger partial charge is 0.507 e. The Kier molecular flexibility index (Phi) is 5.28. The van der Waals surface area contributed by atoms with Crippen molar-refractivity contribution in [2.45, 2.75) is 0 Å². The minimum Gasteiger partial charge on any atom is -0.507 e. The van der Waals surface area contributed by atoms with Crippen LogP contribution in [0.25, 0.3) is 0 Å². The highest BCUT2D eigenvalue weighted by molar-refractivity contribution is 8.13. The molecule has 5 heteroatoms. The van der Waals surface area contributed by atoms with Gasteiger partial charge >= 0.3 is 0 Å². The molecular weight excluding hydrogens is 227 g/mol. The lowest BCUT2D eigenvalue weighted by Crippen LogP contribution is -2.12. The predicted octanol–water partition coefficient (Wildman–Crippen LogP) is 1.86. The van der Waals surface area contributed by atoms with Gasteiger partial charge in [0.15, 0.2) is 0 Å². The van der Waals surface area contributed by atoms with E-state index < -0.39 is 5.82 Å². The Morgan fingerprint density at radius 1 is 1.56 bits per heavy atom.